The summed E-state index contributed by atoms with van der Waals surface area (Å²) >= 11 is 0. The molecule has 1 aliphatic heterocycles. The summed E-state index contributed by atoms with van der Waals surface area (Å²) in [4.78, 5) is 43.2. The smallest absolute Gasteiger partial charge is 0.245 e. The van der Waals surface area contributed by atoms with Crippen molar-refractivity contribution in [3.63, 3.8) is 0 Å². The van der Waals surface area contributed by atoms with Crippen LogP contribution in [0.2, 0.25) is 0 Å². The molecule has 1 aliphatic carbocycles. The van der Waals surface area contributed by atoms with Gasteiger partial charge in [0.2, 0.25) is 17.7 Å². The molecule has 0 bridgehead atoms. The van der Waals surface area contributed by atoms with Crippen LogP contribution in [0.15, 0.2) is 29.8 Å². The molecular weight excluding hydrogens is 506 g/mol. The Bertz CT molecular complexity index is 1090. The van der Waals surface area contributed by atoms with Gasteiger partial charge in [0.1, 0.15) is 17.2 Å². The van der Waals surface area contributed by atoms with Crippen LogP contribution < -0.4 is 11.1 Å². The van der Waals surface area contributed by atoms with Crippen LogP contribution in [-0.2, 0) is 20.8 Å². The average Bonchev–Trinajstić information content (AvgIpc) is 2.85. The number of nitrogens with zero attached hydrogens (tertiary/aromatic N) is 2. The van der Waals surface area contributed by atoms with Crippen molar-refractivity contribution in [1.29, 1.82) is 0 Å². The van der Waals surface area contributed by atoms with E-state index in [4.69, 9.17) is 5.73 Å². The molecule has 1 saturated heterocycles. The highest BCUT2D eigenvalue weighted by Gasteiger charge is 2.60. The van der Waals surface area contributed by atoms with Crippen LogP contribution >= 0.6 is 0 Å². The molecule has 1 heterocycles. The summed E-state index contributed by atoms with van der Waals surface area (Å²) in [5, 5.41) is 15.6. The second-order valence-electron chi connectivity index (χ2n) is 11.1. The molecule has 3 rings (SSSR count). The monoisotopic (exact) mass is 548 g/mol. The lowest BCUT2D eigenvalue weighted by molar-refractivity contribution is -0.154. The van der Waals surface area contributed by atoms with E-state index in [2.05, 4.69) is 5.32 Å². The molecule has 0 saturated carbocycles. The Hall–Kier alpha value is -2.85. The molecule has 8 nitrogen and oxygen atoms in total. The molecule has 0 aromatic heterocycles. The number of rotatable bonds is 10. The van der Waals surface area contributed by atoms with Crippen molar-refractivity contribution in [3.05, 3.63) is 47.0 Å². The molecule has 2 unspecified atom stereocenters. The van der Waals surface area contributed by atoms with Gasteiger partial charge in [-0.25, -0.2) is 8.78 Å². The summed E-state index contributed by atoms with van der Waals surface area (Å²) in [7, 11) is 0. The maximum Gasteiger partial charge on any atom is 0.245 e. The first-order chi connectivity index (χ1) is 18.4. The van der Waals surface area contributed by atoms with E-state index in [1.807, 2.05) is 13.8 Å². The van der Waals surface area contributed by atoms with Crippen LogP contribution in [-0.4, -0.2) is 76.5 Å². The lowest BCUT2D eigenvalue weighted by Crippen LogP contribution is -2.74. The van der Waals surface area contributed by atoms with Crippen molar-refractivity contribution in [2.24, 2.45) is 11.1 Å². The number of aliphatic hydroxyl groups excluding tert-OH is 1. The Morgan fingerprint density at radius 3 is 2.31 bits per heavy atom. The van der Waals surface area contributed by atoms with E-state index in [1.54, 1.807) is 22.8 Å². The molecule has 1 aromatic rings. The van der Waals surface area contributed by atoms with E-state index in [9.17, 15) is 28.3 Å². The molecule has 39 heavy (non-hydrogen) atoms. The molecule has 4 N–H and O–H groups in total. The minimum Gasteiger partial charge on any atom is -0.389 e. The molecule has 3 amide bonds. The summed E-state index contributed by atoms with van der Waals surface area (Å²) in [6, 6.07) is 2.60. The quantitative estimate of drug-likeness (QED) is 0.389. The summed E-state index contributed by atoms with van der Waals surface area (Å²) in [6.07, 6.45) is 2.48. The summed E-state index contributed by atoms with van der Waals surface area (Å²) in [5.41, 5.74) is 3.27. The summed E-state index contributed by atoms with van der Waals surface area (Å²) in [5.74, 6) is -2.98. The van der Waals surface area contributed by atoms with Gasteiger partial charge in [0.15, 0.2) is 0 Å². The number of halogens is 2. The Kier molecular flexibility index (Phi) is 9.88. The lowest BCUT2D eigenvalue weighted by atomic mass is 9.61. The van der Waals surface area contributed by atoms with Gasteiger partial charge < -0.3 is 20.6 Å². The van der Waals surface area contributed by atoms with Gasteiger partial charge in [-0.05, 0) is 63.1 Å². The van der Waals surface area contributed by atoms with Crippen molar-refractivity contribution >= 4 is 17.7 Å². The first-order valence-electron chi connectivity index (χ1n) is 13.8. The van der Waals surface area contributed by atoms with E-state index in [-0.39, 0.29) is 36.3 Å². The van der Waals surface area contributed by atoms with Crippen LogP contribution in [0.5, 0.6) is 0 Å². The maximum absolute atomic E-state index is 14.4. The van der Waals surface area contributed by atoms with Crippen molar-refractivity contribution in [1.82, 2.24) is 15.1 Å². The lowest BCUT2D eigenvalue weighted by Gasteiger charge is -2.52. The number of nitrogens with two attached hydrogens (primary N) is 1. The molecule has 1 fully saturated rings. The topological polar surface area (TPSA) is 116 Å². The van der Waals surface area contributed by atoms with Crippen LogP contribution in [0.1, 0.15) is 65.4 Å². The third-order valence-corrected chi connectivity index (χ3v) is 7.88. The second-order valence-corrected chi connectivity index (χ2v) is 11.1. The third-order valence-electron chi connectivity index (χ3n) is 7.88. The Morgan fingerprint density at radius 1 is 1.15 bits per heavy atom. The zero-order chi connectivity index (χ0) is 29.0. The number of hydrogen-bond donors (Lipinski definition) is 3. The Labute approximate surface area is 229 Å². The number of likely N-dealkylation sites (tertiary alicyclic amines) is 1. The average molecular weight is 549 g/mol. The number of nitrogens with one attached hydrogen (secondary N) is 1. The normalized spacial score (nSPS) is 27.2. The van der Waals surface area contributed by atoms with Crippen LogP contribution in [0.4, 0.5) is 8.78 Å². The fourth-order valence-corrected chi connectivity index (χ4v) is 6.30. The zero-order valence-corrected chi connectivity index (χ0v) is 23.4. The standard InChI is InChI=1S/C29H42F2N4O4/c1-5-9-34(10-6-2)27(39)29(33-24-8-7-11-35(18-24)20(4)36)16-19(3)15-28(25(29)37,26(32)38)17-21-12-22(30)14-23(31)13-21/h12-15,24-25,33,37H,5-11,16-18H2,1-4H3,(H2,32,38)/t24?,25-,28-,29?/m1/s1. The molecule has 216 valence electrons. The fourth-order valence-electron chi connectivity index (χ4n) is 6.30. The van der Waals surface area contributed by atoms with Gasteiger partial charge in [-0.3, -0.25) is 19.7 Å². The highest BCUT2D eigenvalue weighted by molar-refractivity contribution is 5.92. The predicted octanol–water partition coefficient (Wildman–Crippen LogP) is 2.68. The highest BCUT2D eigenvalue weighted by Crippen LogP contribution is 2.44. The molecule has 1 aromatic carbocycles. The first-order valence-corrected chi connectivity index (χ1v) is 13.8. The van der Waals surface area contributed by atoms with Gasteiger partial charge in [-0.1, -0.05) is 25.5 Å². The third kappa shape index (κ3) is 6.49. The largest absolute Gasteiger partial charge is 0.389 e. The maximum atomic E-state index is 14.4. The van der Waals surface area contributed by atoms with Gasteiger partial charge >= 0.3 is 0 Å². The highest BCUT2D eigenvalue weighted by atomic mass is 19.1. The van der Waals surface area contributed by atoms with Crippen LogP contribution in [0.3, 0.4) is 0 Å². The van der Waals surface area contributed by atoms with E-state index >= 15 is 0 Å². The summed E-state index contributed by atoms with van der Waals surface area (Å²) < 4.78 is 28.2. The van der Waals surface area contributed by atoms with Crippen LogP contribution in [0.25, 0.3) is 0 Å². The van der Waals surface area contributed by atoms with E-state index in [0.717, 1.165) is 18.2 Å². The number of primary amides is 1. The Balaban J connectivity index is 2.15. The molecule has 4 atom stereocenters. The van der Waals surface area contributed by atoms with E-state index < -0.39 is 34.6 Å². The van der Waals surface area contributed by atoms with E-state index in [0.29, 0.717) is 57.4 Å². The van der Waals surface area contributed by atoms with E-state index in [1.165, 1.54) is 6.92 Å². The van der Waals surface area contributed by atoms with Crippen molar-refractivity contribution in [2.45, 2.75) is 83.9 Å². The number of piperidine rings is 1. The molecule has 0 spiro atoms. The van der Waals surface area contributed by atoms with Gasteiger partial charge in [0, 0.05) is 45.2 Å². The Morgan fingerprint density at radius 2 is 1.77 bits per heavy atom. The van der Waals surface area contributed by atoms with Gasteiger partial charge in [0.05, 0.1) is 11.5 Å². The predicted molar refractivity (Wildman–Crippen MR) is 144 cm³/mol. The number of aliphatic hydroxyl groups is 1. The molecule has 0 radical (unpaired) electrons. The zero-order valence-electron chi connectivity index (χ0n) is 23.4. The number of hydrogen-bond acceptors (Lipinski definition) is 5. The summed E-state index contributed by atoms with van der Waals surface area (Å²) in [6.45, 7) is 9.01. The molecule has 2 aliphatic rings. The van der Waals surface area contributed by atoms with Gasteiger partial charge in [0.25, 0.3) is 0 Å². The second kappa shape index (κ2) is 12.6. The van der Waals surface area contributed by atoms with Crippen molar-refractivity contribution in [3.8, 4) is 0 Å². The molecule has 10 heteroatoms. The molecular formula is C29H42F2N4O4. The number of carbonyl (C=O) groups excluding carboxylic acids is 3. The minimum atomic E-state index is -1.82. The SMILES string of the molecule is CCCN(CCC)C(=O)C1(NC2CCCN(C(C)=O)C2)CC(C)=C[C@](Cc2cc(F)cc(F)c2)(C(N)=O)[C@H]1O. The van der Waals surface area contributed by atoms with Gasteiger partial charge in [-0.2, -0.15) is 0 Å². The number of carbonyl (C=O) groups is 3. The van der Waals surface area contributed by atoms with Gasteiger partial charge in [-0.15, -0.1) is 0 Å². The van der Waals surface area contributed by atoms with Crippen LogP contribution in [0, 0.1) is 17.0 Å². The first kappa shape index (κ1) is 30.7. The minimum absolute atomic E-state index is 0.0830. The van der Waals surface area contributed by atoms with Crippen molar-refractivity contribution in [2.75, 3.05) is 26.2 Å². The number of amides is 3. The number of benzene rings is 1. The van der Waals surface area contributed by atoms with Crippen molar-refractivity contribution < 1.29 is 28.3 Å². The fraction of sp³-hybridized carbons (Fsp3) is 0.621.